The van der Waals surface area contributed by atoms with Crippen molar-refractivity contribution < 1.29 is 13.2 Å². The summed E-state index contributed by atoms with van der Waals surface area (Å²) in [5.41, 5.74) is 1.02. The Bertz CT molecular complexity index is 1180. The molecule has 0 aliphatic rings. The lowest BCUT2D eigenvalue weighted by Crippen LogP contribution is -2.30. The van der Waals surface area contributed by atoms with Gasteiger partial charge in [0.1, 0.15) is 5.82 Å². The molecule has 3 N–H and O–H groups in total. The second-order valence-electron chi connectivity index (χ2n) is 7.52. The van der Waals surface area contributed by atoms with Crippen molar-refractivity contribution in [2.75, 3.05) is 36.8 Å². The Hall–Kier alpha value is -3.34. The SMILES string of the molecule is CCN(CC)CCCNS(=O)(=O)c1cccc(Nc2nccc(NC(=O)c3ccccc3)n2)c1. The van der Waals surface area contributed by atoms with Gasteiger partial charge in [0.2, 0.25) is 16.0 Å². The number of rotatable bonds is 12. The fraction of sp³-hybridized carbons (Fsp3) is 0.292. The largest absolute Gasteiger partial charge is 0.324 e. The van der Waals surface area contributed by atoms with Crippen molar-refractivity contribution in [1.29, 1.82) is 0 Å². The van der Waals surface area contributed by atoms with Crippen molar-refractivity contribution in [1.82, 2.24) is 19.6 Å². The molecular formula is C24H30N6O3S. The molecule has 34 heavy (non-hydrogen) atoms. The van der Waals surface area contributed by atoms with Gasteiger partial charge >= 0.3 is 0 Å². The molecule has 1 aromatic heterocycles. The van der Waals surface area contributed by atoms with E-state index in [1.165, 1.54) is 18.3 Å². The van der Waals surface area contributed by atoms with Crippen LogP contribution in [0.25, 0.3) is 0 Å². The van der Waals surface area contributed by atoms with Gasteiger partial charge in [0.15, 0.2) is 0 Å². The van der Waals surface area contributed by atoms with Crippen molar-refractivity contribution >= 4 is 33.4 Å². The molecule has 0 spiro atoms. The third kappa shape index (κ3) is 7.34. The first-order valence-corrected chi connectivity index (χ1v) is 12.7. The zero-order valence-electron chi connectivity index (χ0n) is 19.4. The van der Waals surface area contributed by atoms with Gasteiger partial charge < -0.3 is 15.5 Å². The van der Waals surface area contributed by atoms with E-state index in [0.29, 0.717) is 23.6 Å². The molecule has 9 nitrogen and oxygen atoms in total. The van der Waals surface area contributed by atoms with Crippen LogP contribution in [-0.4, -0.2) is 55.4 Å². The number of carbonyl (C=O) groups is 1. The van der Waals surface area contributed by atoms with Gasteiger partial charge in [-0.25, -0.2) is 18.1 Å². The van der Waals surface area contributed by atoms with E-state index in [9.17, 15) is 13.2 Å². The molecule has 3 aromatic rings. The monoisotopic (exact) mass is 482 g/mol. The number of nitrogens with one attached hydrogen (secondary N) is 3. The molecule has 180 valence electrons. The van der Waals surface area contributed by atoms with Crippen LogP contribution in [0.1, 0.15) is 30.6 Å². The summed E-state index contributed by atoms with van der Waals surface area (Å²) in [5.74, 6) is 0.267. The van der Waals surface area contributed by atoms with Gasteiger partial charge in [-0.3, -0.25) is 4.79 Å². The number of nitrogens with zero attached hydrogens (tertiary/aromatic N) is 3. The molecule has 0 aliphatic heterocycles. The van der Waals surface area contributed by atoms with Gasteiger partial charge in [-0.1, -0.05) is 38.1 Å². The van der Waals surface area contributed by atoms with Crippen LogP contribution in [-0.2, 0) is 10.0 Å². The highest BCUT2D eigenvalue weighted by atomic mass is 32.2. The predicted molar refractivity (Wildman–Crippen MR) is 134 cm³/mol. The van der Waals surface area contributed by atoms with Crippen LogP contribution < -0.4 is 15.4 Å². The van der Waals surface area contributed by atoms with Crippen LogP contribution >= 0.6 is 0 Å². The van der Waals surface area contributed by atoms with Crippen LogP contribution in [0.5, 0.6) is 0 Å². The standard InChI is InChI=1S/C24H30N6O3S/c1-3-30(4-2)17-9-15-26-34(32,33)21-13-8-12-20(18-21)27-24-25-16-14-22(29-24)28-23(31)19-10-6-5-7-11-19/h5-8,10-14,16,18,26H,3-4,9,15,17H2,1-2H3,(H2,25,27,28,29,31). The Labute approximate surface area is 200 Å². The first-order valence-electron chi connectivity index (χ1n) is 11.2. The summed E-state index contributed by atoms with van der Waals surface area (Å²) in [5, 5.41) is 5.72. The Morgan fingerprint density at radius 2 is 1.76 bits per heavy atom. The molecule has 0 atom stereocenters. The van der Waals surface area contributed by atoms with Gasteiger partial charge in [0.25, 0.3) is 5.91 Å². The molecule has 1 heterocycles. The third-order valence-electron chi connectivity index (χ3n) is 5.17. The molecule has 0 saturated carbocycles. The minimum Gasteiger partial charge on any atom is -0.324 e. The number of aromatic nitrogens is 2. The van der Waals surface area contributed by atoms with Crippen LogP contribution in [0.2, 0.25) is 0 Å². The van der Waals surface area contributed by atoms with Gasteiger partial charge in [0, 0.05) is 24.0 Å². The van der Waals surface area contributed by atoms with E-state index in [4.69, 9.17) is 0 Å². The lowest BCUT2D eigenvalue weighted by molar-refractivity contribution is 0.102. The Morgan fingerprint density at radius 1 is 1.00 bits per heavy atom. The maximum atomic E-state index is 12.7. The Morgan fingerprint density at radius 3 is 2.50 bits per heavy atom. The van der Waals surface area contributed by atoms with Crippen molar-refractivity contribution in [3.8, 4) is 0 Å². The second-order valence-corrected chi connectivity index (χ2v) is 9.28. The zero-order chi connectivity index (χ0) is 24.4. The fourth-order valence-electron chi connectivity index (χ4n) is 3.27. The number of carbonyl (C=O) groups excluding carboxylic acids is 1. The van der Waals surface area contributed by atoms with E-state index in [1.807, 2.05) is 6.07 Å². The molecule has 3 rings (SSSR count). The predicted octanol–water partition coefficient (Wildman–Crippen LogP) is 3.48. The highest BCUT2D eigenvalue weighted by molar-refractivity contribution is 7.89. The molecule has 0 saturated heterocycles. The second kappa shape index (κ2) is 12.2. The number of hydrogen-bond acceptors (Lipinski definition) is 7. The number of hydrogen-bond donors (Lipinski definition) is 3. The van der Waals surface area contributed by atoms with Gasteiger partial charge in [0.05, 0.1) is 4.90 Å². The molecule has 1 amide bonds. The summed E-state index contributed by atoms with van der Waals surface area (Å²) in [7, 11) is -3.65. The summed E-state index contributed by atoms with van der Waals surface area (Å²) in [6.45, 7) is 7.26. The van der Waals surface area contributed by atoms with Crippen molar-refractivity contribution in [2.24, 2.45) is 0 Å². The normalized spacial score (nSPS) is 11.4. The lowest BCUT2D eigenvalue weighted by Gasteiger charge is -2.17. The topological polar surface area (TPSA) is 116 Å². The smallest absolute Gasteiger partial charge is 0.256 e. The molecule has 0 unspecified atom stereocenters. The van der Waals surface area contributed by atoms with Crippen LogP contribution in [0.15, 0.2) is 71.8 Å². The highest BCUT2D eigenvalue weighted by Gasteiger charge is 2.14. The summed E-state index contributed by atoms with van der Waals surface area (Å²) in [6.07, 6.45) is 2.24. The fourth-order valence-corrected chi connectivity index (χ4v) is 4.39. The van der Waals surface area contributed by atoms with Gasteiger partial charge in [-0.05, 0) is 62.5 Å². The van der Waals surface area contributed by atoms with Crippen molar-refractivity contribution in [3.05, 3.63) is 72.4 Å². The minimum absolute atomic E-state index is 0.147. The molecule has 0 fully saturated rings. The van der Waals surface area contributed by atoms with E-state index < -0.39 is 10.0 Å². The summed E-state index contributed by atoms with van der Waals surface area (Å²) >= 11 is 0. The van der Waals surface area contributed by atoms with Gasteiger partial charge in [-0.2, -0.15) is 4.98 Å². The first kappa shape index (κ1) is 25.3. The van der Waals surface area contributed by atoms with Crippen LogP contribution in [0, 0.1) is 0 Å². The molecular weight excluding hydrogens is 452 g/mol. The minimum atomic E-state index is -3.65. The zero-order valence-corrected chi connectivity index (χ0v) is 20.2. The van der Waals surface area contributed by atoms with E-state index in [-0.39, 0.29) is 16.8 Å². The molecule has 0 bridgehead atoms. The van der Waals surface area contributed by atoms with Gasteiger partial charge in [-0.15, -0.1) is 0 Å². The van der Waals surface area contributed by atoms with E-state index in [2.05, 4.69) is 44.1 Å². The molecule has 10 heteroatoms. The third-order valence-corrected chi connectivity index (χ3v) is 6.63. The average Bonchev–Trinajstić information content (AvgIpc) is 2.85. The van der Waals surface area contributed by atoms with E-state index in [1.54, 1.807) is 42.5 Å². The average molecular weight is 483 g/mol. The number of amides is 1. The Kier molecular flexibility index (Phi) is 9.08. The number of sulfonamides is 1. The molecule has 0 radical (unpaired) electrons. The highest BCUT2D eigenvalue weighted by Crippen LogP contribution is 2.19. The number of benzene rings is 2. The van der Waals surface area contributed by atoms with E-state index in [0.717, 1.165) is 26.1 Å². The van der Waals surface area contributed by atoms with Crippen molar-refractivity contribution in [2.45, 2.75) is 25.2 Å². The summed E-state index contributed by atoms with van der Waals surface area (Å²) in [6, 6.07) is 16.8. The lowest BCUT2D eigenvalue weighted by atomic mass is 10.2. The van der Waals surface area contributed by atoms with E-state index >= 15 is 0 Å². The first-order chi connectivity index (χ1) is 16.4. The van der Waals surface area contributed by atoms with Crippen LogP contribution in [0.4, 0.5) is 17.5 Å². The summed E-state index contributed by atoms with van der Waals surface area (Å²) in [4.78, 5) is 23.2. The number of anilines is 3. The summed E-state index contributed by atoms with van der Waals surface area (Å²) < 4.78 is 28.1. The Balaban J connectivity index is 1.62. The molecule has 2 aromatic carbocycles. The van der Waals surface area contributed by atoms with Crippen LogP contribution in [0.3, 0.4) is 0 Å². The van der Waals surface area contributed by atoms with Crippen molar-refractivity contribution in [3.63, 3.8) is 0 Å². The maximum absolute atomic E-state index is 12.7. The maximum Gasteiger partial charge on any atom is 0.256 e. The quantitative estimate of drug-likeness (QED) is 0.338. The molecule has 0 aliphatic carbocycles.